The molecule has 1 saturated carbocycles. The molecule has 29 heavy (non-hydrogen) atoms. The average molecular weight is 395 g/mol. The molecule has 0 aliphatic heterocycles. The second-order valence-corrected chi connectivity index (χ2v) is 8.34. The minimum atomic E-state index is 0.678. The molecule has 6 rings (SSSR count). The molecule has 3 heterocycles. The first-order valence-corrected chi connectivity index (χ1v) is 10.5. The van der Waals surface area contributed by atoms with Crippen LogP contribution in [0.3, 0.4) is 0 Å². The van der Waals surface area contributed by atoms with E-state index in [0.29, 0.717) is 11.7 Å². The highest BCUT2D eigenvalue weighted by Crippen LogP contribution is 2.43. The second kappa shape index (κ2) is 6.60. The molecule has 2 aromatic carbocycles. The van der Waals surface area contributed by atoms with Gasteiger partial charge in [0.05, 0.1) is 20.7 Å². The number of thiazole rings is 1. The number of pyridine rings is 1. The molecular formula is C23H17N5S. The number of fused-ring (bicyclic) bond motifs is 2. The Morgan fingerprint density at radius 1 is 0.862 bits per heavy atom. The van der Waals surface area contributed by atoms with Crippen LogP contribution in [0, 0.1) is 0 Å². The van der Waals surface area contributed by atoms with E-state index in [2.05, 4.69) is 28.5 Å². The Morgan fingerprint density at radius 2 is 1.72 bits per heavy atom. The van der Waals surface area contributed by atoms with Gasteiger partial charge in [0.1, 0.15) is 5.82 Å². The molecule has 5 aromatic rings. The van der Waals surface area contributed by atoms with Crippen molar-refractivity contribution in [2.45, 2.75) is 18.8 Å². The predicted octanol–water partition coefficient (Wildman–Crippen LogP) is 5.92. The molecular weight excluding hydrogens is 378 g/mol. The zero-order chi connectivity index (χ0) is 19.2. The number of anilines is 2. The lowest BCUT2D eigenvalue weighted by atomic mass is 10.2. The van der Waals surface area contributed by atoms with Crippen molar-refractivity contribution >= 4 is 44.0 Å². The van der Waals surface area contributed by atoms with Crippen LogP contribution in [0.4, 0.5) is 11.5 Å². The molecule has 0 radical (unpaired) electrons. The zero-order valence-corrected chi connectivity index (χ0v) is 16.4. The highest BCUT2D eigenvalue weighted by molar-refractivity contribution is 7.18. The monoisotopic (exact) mass is 395 g/mol. The summed E-state index contributed by atoms with van der Waals surface area (Å²) < 4.78 is 1.21. The molecule has 3 aromatic heterocycles. The maximum absolute atomic E-state index is 4.83. The Kier molecular flexibility index (Phi) is 3.77. The Hall–Kier alpha value is -3.38. The van der Waals surface area contributed by atoms with E-state index < -0.39 is 0 Å². The average Bonchev–Trinajstić information content (AvgIpc) is 3.53. The number of hydrogen-bond acceptors (Lipinski definition) is 6. The largest absolute Gasteiger partial charge is 0.340 e. The summed E-state index contributed by atoms with van der Waals surface area (Å²) in [6.45, 7) is 0. The predicted molar refractivity (Wildman–Crippen MR) is 118 cm³/mol. The van der Waals surface area contributed by atoms with Gasteiger partial charge >= 0.3 is 0 Å². The Balaban J connectivity index is 1.44. The van der Waals surface area contributed by atoms with E-state index in [-0.39, 0.29) is 0 Å². The lowest BCUT2D eigenvalue weighted by molar-refractivity contribution is 1.10. The molecule has 0 atom stereocenters. The fraction of sp³-hybridized carbons (Fsp3) is 0.130. The van der Waals surface area contributed by atoms with Crippen molar-refractivity contribution in [1.29, 1.82) is 0 Å². The van der Waals surface area contributed by atoms with Crippen LogP contribution in [-0.2, 0) is 0 Å². The first-order valence-electron chi connectivity index (χ1n) is 9.68. The summed E-state index contributed by atoms with van der Waals surface area (Å²) in [4.78, 5) is 18.4. The van der Waals surface area contributed by atoms with Crippen LogP contribution in [0.1, 0.15) is 23.8 Å². The Labute approximate surface area is 171 Å². The van der Waals surface area contributed by atoms with E-state index in [1.54, 1.807) is 23.7 Å². The lowest BCUT2D eigenvalue weighted by Crippen LogP contribution is -1.99. The third kappa shape index (κ3) is 3.11. The molecule has 0 spiro atoms. The summed E-state index contributed by atoms with van der Waals surface area (Å²) in [5, 5.41) is 5.78. The topological polar surface area (TPSA) is 63.6 Å². The minimum Gasteiger partial charge on any atom is -0.340 e. The van der Waals surface area contributed by atoms with Crippen molar-refractivity contribution in [1.82, 2.24) is 19.9 Å². The summed E-state index contributed by atoms with van der Waals surface area (Å²) in [7, 11) is 0. The van der Waals surface area contributed by atoms with Crippen LogP contribution in [0.2, 0.25) is 0 Å². The second-order valence-electron chi connectivity index (χ2n) is 7.28. The summed E-state index contributed by atoms with van der Waals surface area (Å²) in [6, 6.07) is 18.3. The van der Waals surface area contributed by atoms with Crippen LogP contribution < -0.4 is 5.32 Å². The van der Waals surface area contributed by atoms with Crippen molar-refractivity contribution in [3.05, 3.63) is 72.0 Å². The number of rotatable bonds is 4. The number of benzene rings is 2. The van der Waals surface area contributed by atoms with Gasteiger partial charge in [-0.15, -0.1) is 11.3 Å². The fourth-order valence-corrected chi connectivity index (χ4v) is 4.64. The van der Waals surface area contributed by atoms with Gasteiger partial charge in [-0.05, 0) is 55.3 Å². The quantitative estimate of drug-likeness (QED) is 0.409. The van der Waals surface area contributed by atoms with Crippen molar-refractivity contribution in [2.24, 2.45) is 0 Å². The molecule has 0 saturated heterocycles. The van der Waals surface area contributed by atoms with Crippen LogP contribution >= 0.6 is 11.3 Å². The Bertz CT molecular complexity index is 1340. The van der Waals surface area contributed by atoms with Crippen LogP contribution in [0.25, 0.3) is 32.5 Å². The third-order valence-electron chi connectivity index (χ3n) is 5.14. The van der Waals surface area contributed by atoms with E-state index in [1.807, 2.05) is 36.4 Å². The molecule has 1 aliphatic carbocycles. The van der Waals surface area contributed by atoms with Crippen molar-refractivity contribution in [3.63, 3.8) is 0 Å². The summed E-state index contributed by atoms with van der Waals surface area (Å²) in [5.41, 5.74) is 3.94. The molecule has 1 N–H and O–H groups in total. The van der Waals surface area contributed by atoms with Crippen molar-refractivity contribution in [2.75, 3.05) is 5.32 Å². The van der Waals surface area contributed by atoms with E-state index in [1.165, 1.54) is 22.5 Å². The van der Waals surface area contributed by atoms with E-state index >= 15 is 0 Å². The van der Waals surface area contributed by atoms with E-state index in [0.717, 1.165) is 33.5 Å². The molecule has 1 fully saturated rings. The van der Waals surface area contributed by atoms with Gasteiger partial charge in [0.15, 0.2) is 5.82 Å². The highest BCUT2D eigenvalue weighted by Gasteiger charge is 2.27. The van der Waals surface area contributed by atoms with Gasteiger partial charge in [-0.3, -0.25) is 4.98 Å². The van der Waals surface area contributed by atoms with E-state index in [4.69, 9.17) is 15.0 Å². The molecule has 6 heteroatoms. The lowest BCUT2D eigenvalue weighted by Gasteiger charge is -2.11. The van der Waals surface area contributed by atoms with Crippen molar-refractivity contribution in [3.8, 4) is 11.4 Å². The first-order chi connectivity index (χ1) is 14.3. The van der Waals surface area contributed by atoms with Crippen molar-refractivity contribution < 1.29 is 0 Å². The normalized spacial score (nSPS) is 13.8. The molecule has 140 valence electrons. The highest BCUT2D eigenvalue weighted by atomic mass is 32.1. The van der Waals surface area contributed by atoms with E-state index in [9.17, 15) is 0 Å². The number of para-hydroxylation sites is 1. The maximum Gasteiger partial charge on any atom is 0.162 e. The molecule has 0 unspecified atom stereocenters. The molecule has 0 amide bonds. The number of hydrogen-bond donors (Lipinski definition) is 1. The summed E-state index contributed by atoms with van der Waals surface area (Å²) >= 11 is 1.81. The van der Waals surface area contributed by atoms with Gasteiger partial charge in [0, 0.05) is 34.9 Å². The fourth-order valence-electron chi connectivity index (χ4n) is 3.46. The summed E-state index contributed by atoms with van der Waals surface area (Å²) in [5.74, 6) is 2.16. The number of nitrogens with zero attached hydrogens (tertiary/aromatic N) is 4. The smallest absolute Gasteiger partial charge is 0.162 e. The zero-order valence-electron chi connectivity index (χ0n) is 15.5. The molecule has 1 aliphatic rings. The van der Waals surface area contributed by atoms with Crippen LogP contribution in [0.5, 0.6) is 0 Å². The minimum absolute atomic E-state index is 0.678. The molecule has 0 bridgehead atoms. The SMILES string of the molecule is c1ccc2c(Nc3ccc4nc(C5CC5)sc4c3)nc(-c3ccncc3)nc2c1. The Morgan fingerprint density at radius 3 is 2.59 bits per heavy atom. The molecule has 5 nitrogen and oxygen atoms in total. The van der Waals surface area contributed by atoms with Gasteiger partial charge < -0.3 is 5.32 Å². The van der Waals surface area contributed by atoms with Crippen LogP contribution in [-0.4, -0.2) is 19.9 Å². The third-order valence-corrected chi connectivity index (χ3v) is 6.32. The standard InChI is InChI=1S/C23H17N5S/c1-2-4-18-17(3-1)22(28-21(26-18)14-9-11-24-12-10-14)25-16-7-8-19-20(13-16)29-23(27-19)15-5-6-15/h1-4,7-13,15H,5-6H2,(H,25,26,28). The maximum atomic E-state index is 4.83. The van der Waals surface area contributed by atoms with Gasteiger partial charge in [0.25, 0.3) is 0 Å². The van der Waals surface area contributed by atoms with Gasteiger partial charge in [-0.1, -0.05) is 12.1 Å². The van der Waals surface area contributed by atoms with Crippen LogP contribution in [0.15, 0.2) is 67.0 Å². The number of nitrogens with one attached hydrogen (secondary N) is 1. The van der Waals surface area contributed by atoms with Gasteiger partial charge in [-0.2, -0.15) is 0 Å². The van der Waals surface area contributed by atoms with Gasteiger partial charge in [0.2, 0.25) is 0 Å². The summed E-state index contributed by atoms with van der Waals surface area (Å²) in [6.07, 6.45) is 6.07. The number of aromatic nitrogens is 4. The van der Waals surface area contributed by atoms with Gasteiger partial charge in [-0.25, -0.2) is 15.0 Å². The first kappa shape index (κ1) is 16.6.